The summed E-state index contributed by atoms with van der Waals surface area (Å²) < 4.78 is 3.72. The molecule has 1 aromatic heterocycles. The molecule has 7 heteroatoms. The fourth-order valence-electron chi connectivity index (χ4n) is 3.72. The van der Waals surface area contributed by atoms with Crippen molar-refractivity contribution >= 4 is 17.8 Å². The van der Waals surface area contributed by atoms with Crippen LogP contribution >= 0.6 is 11.6 Å². The lowest BCUT2D eigenvalue weighted by Gasteiger charge is -2.29. The Morgan fingerprint density at radius 2 is 2.09 bits per heavy atom. The minimum absolute atomic E-state index is 0.0475. The molecule has 0 aliphatic carbocycles. The molecule has 3 aliphatic heterocycles. The molecule has 2 N–H and O–H groups in total. The molecule has 0 bridgehead atoms. The van der Waals surface area contributed by atoms with E-state index < -0.39 is 0 Å². The molecule has 1 unspecified atom stereocenters. The van der Waals surface area contributed by atoms with E-state index in [9.17, 15) is 4.79 Å². The molecular weight excluding hydrogens is 314 g/mol. The van der Waals surface area contributed by atoms with Gasteiger partial charge in [0, 0.05) is 19.6 Å². The van der Waals surface area contributed by atoms with E-state index in [4.69, 9.17) is 11.6 Å². The molecule has 6 nitrogen and oxygen atoms in total. The van der Waals surface area contributed by atoms with Gasteiger partial charge in [-0.1, -0.05) is 11.6 Å². The van der Waals surface area contributed by atoms with E-state index in [1.54, 1.807) is 4.57 Å². The fourth-order valence-corrected chi connectivity index (χ4v) is 3.86. The van der Waals surface area contributed by atoms with Gasteiger partial charge >= 0.3 is 5.69 Å². The molecule has 4 rings (SSSR count). The van der Waals surface area contributed by atoms with Gasteiger partial charge in [-0.05, 0) is 38.1 Å². The van der Waals surface area contributed by atoms with E-state index in [0.717, 1.165) is 43.0 Å². The largest absolute Gasteiger partial charge is 0.375 e. The zero-order valence-corrected chi connectivity index (χ0v) is 13.8. The first-order valence-corrected chi connectivity index (χ1v) is 8.41. The monoisotopic (exact) mass is 333 g/mol. The highest BCUT2D eigenvalue weighted by Crippen LogP contribution is 2.34. The van der Waals surface area contributed by atoms with E-state index in [-0.39, 0.29) is 17.6 Å². The molecule has 4 heterocycles. The number of nitrogens with one attached hydrogen (secondary N) is 2. The SMILES string of the molecule is Cn1c2c(n(C3CCNCC3)c1=O)C1CNC(Cl)=CC=C1N=C2. The third kappa shape index (κ3) is 2.37. The number of allylic oxidation sites excluding steroid dienone is 2. The Bertz CT molecular complexity index is 779. The zero-order valence-electron chi connectivity index (χ0n) is 13.1. The normalized spacial score (nSPS) is 24.2. The van der Waals surface area contributed by atoms with Gasteiger partial charge in [-0.15, -0.1) is 0 Å². The van der Waals surface area contributed by atoms with Gasteiger partial charge in [-0.25, -0.2) is 4.79 Å². The minimum atomic E-state index is 0.0475. The summed E-state index contributed by atoms with van der Waals surface area (Å²) in [5.74, 6) is 0.0475. The number of fused-ring (bicyclic) bond motifs is 3. The molecule has 1 aromatic rings. The van der Waals surface area contributed by atoms with Crippen LogP contribution in [0.1, 0.15) is 36.2 Å². The lowest BCUT2D eigenvalue weighted by atomic mass is 9.95. The van der Waals surface area contributed by atoms with Gasteiger partial charge in [-0.2, -0.15) is 0 Å². The van der Waals surface area contributed by atoms with Gasteiger partial charge < -0.3 is 10.6 Å². The van der Waals surface area contributed by atoms with Crippen molar-refractivity contribution in [3.8, 4) is 0 Å². The lowest BCUT2D eigenvalue weighted by molar-refractivity contribution is 0.349. The van der Waals surface area contributed by atoms with Gasteiger partial charge in [-0.3, -0.25) is 14.1 Å². The van der Waals surface area contributed by atoms with Crippen molar-refractivity contribution in [1.29, 1.82) is 0 Å². The van der Waals surface area contributed by atoms with Crippen molar-refractivity contribution in [2.75, 3.05) is 19.6 Å². The quantitative estimate of drug-likeness (QED) is 0.759. The number of aliphatic imine (C=N–C) groups is 1. The highest BCUT2D eigenvalue weighted by Gasteiger charge is 2.33. The van der Waals surface area contributed by atoms with Crippen LogP contribution in [-0.2, 0) is 7.05 Å². The zero-order chi connectivity index (χ0) is 16.0. The average Bonchev–Trinajstić information content (AvgIpc) is 2.72. The van der Waals surface area contributed by atoms with Gasteiger partial charge in [0.25, 0.3) is 0 Å². The Hall–Kier alpha value is -1.79. The predicted molar refractivity (Wildman–Crippen MR) is 91.2 cm³/mol. The van der Waals surface area contributed by atoms with Crippen LogP contribution < -0.4 is 16.3 Å². The minimum Gasteiger partial charge on any atom is -0.375 e. The molecule has 1 fully saturated rings. The molecule has 3 aliphatic rings. The number of piperidine rings is 1. The third-order valence-corrected chi connectivity index (χ3v) is 5.21. The second kappa shape index (κ2) is 5.69. The second-order valence-corrected chi connectivity index (χ2v) is 6.67. The molecule has 0 radical (unpaired) electrons. The first kappa shape index (κ1) is 14.8. The van der Waals surface area contributed by atoms with Crippen molar-refractivity contribution in [1.82, 2.24) is 19.8 Å². The molecule has 1 saturated heterocycles. The van der Waals surface area contributed by atoms with Crippen LogP contribution in [0.4, 0.5) is 0 Å². The molecule has 0 amide bonds. The maximum atomic E-state index is 12.8. The third-order valence-electron chi connectivity index (χ3n) is 4.95. The van der Waals surface area contributed by atoms with E-state index in [1.165, 1.54) is 0 Å². The molecule has 0 spiro atoms. The van der Waals surface area contributed by atoms with Crippen LogP contribution in [0.5, 0.6) is 0 Å². The number of aromatic nitrogens is 2. The van der Waals surface area contributed by atoms with E-state index in [1.807, 2.05) is 30.0 Å². The van der Waals surface area contributed by atoms with Crippen molar-refractivity contribution in [2.24, 2.45) is 12.0 Å². The van der Waals surface area contributed by atoms with Crippen LogP contribution in [0.25, 0.3) is 0 Å². The maximum absolute atomic E-state index is 12.8. The summed E-state index contributed by atoms with van der Waals surface area (Å²) >= 11 is 6.11. The Balaban J connectivity index is 1.85. The smallest absolute Gasteiger partial charge is 0.328 e. The second-order valence-electron chi connectivity index (χ2n) is 6.26. The van der Waals surface area contributed by atoms with Gasteiger partial charge in [0.1, 0.15) is 5.16 Å². The van der Waals surface area contributed by atoms with Crippen LogP contribution in [0, 0.1) is 0 Å². The van der Waals surface area contributed by atoms with E-state index in [2.05, 4.69) is 15.6 Å². The summed E-state index contributed by atoms with van der Waals surface area (Å²) in [4.78, 5) is 17.4. The number of hydrogen-bond acceptors (Lipinski definition) is 4. The Morgan fingerprint density at radius 1 is 1.30 bits per heavy atom. The van der Waals surface area contributed by atoms with Crippen molar-refractivity contribution in [2.45, 2.75) is 24.8 Å². The molecule has 0 saturated carbocycles. The standard InChI is InChI=1S/C16H20ClN5O/c1-21-13-9-19-12-2-3-14(17)20-8-11(12)15(13)22(16(21)23)10-4-6-18-7-5-10/h2-3,9-11,18,20H,4-8H2,1H3. The summed E-state index contributed by atoms with van der Waals surface area (Å²) in [6, 6.07) is 0.248. The molecule has 23 heavy (non-hydrogen) atoms. The number of halogens is 1. The topological polar surface area (TPSA) is 63.4 Å². The van der Waals surface area contributed by atoms with Gasteiger partial charge in [0.05, 0.1) is 29.2 Å². The van der Waals surface area contributed by atoms with Gasteiger partial charge in [0.2, 0.25) is 0 Å². The first-order valence-electron chi connectivity index (χ1n) is 8.04. The van der Waals surface area contributed by atoms with E-state index in [0.29, 0.717) is 11.7 Å². The molecule has 0 aromatic carbocycles. The summed E-state index contributed by atoms with van der Waals surface area (Å²) in [5.41, 5.74) is 2.99. The van der Waals surface area contributed by atoms with Crippen molar-refractivity contribution in [3.63, 3.8) is 0 Å². The Labute approximate surface area is 139 Å². The van der Waals surface area contributed by atoms with Gasteiger partial charge in [0.15, 0.2) is 0 Å². The summed E-state index contributed by atoms with van der Waals surface area (Å²) in [7, 11) is 1.83. The van der Waals surface area contributed by atoms with Crippen LogP contribution in [0.3, 0.4) is 0 Å². The molecule has 122 valence electrons. The highest BCUT2D eigenvalue weighted by molar-refractivity contribution is 6.29. The molecular formula is C16H20ClN5O. The number of hydrogen-bond donors (Lipinski definition) is 2. The summed E-state index contributed by atoms with van der Waals surface area (Å²) in [5, 5.41) is 7.18. The van der Waals surface area contributed by atoms with E-state index >= 15 is 0 Å². The summed E-state index contributed by atoms with van der Waals surface area (Å²) in [6.07, 6.45) is 7.53. The van der Waals surface area contributed by atoms with Crippen LogP contribution in [0.2, 0.25) is 0 Å². The average molecular weight is 334 g/mol. The number of rotatable bonds is 1. The number of imidazole rings is 1. The molecule has 1 atom stereocenters. The maximum Gasteiger partial charge on any atom is 0.328 e. The van der Waals surface area contributed by atoms with Crippen molar-refractivity contribution < 1.29 is 0 Å². The summed E-state index contributed by atoms with van der Waals surface area (Å²) in [6.45, 7) is 2.56. The van der Waals surface area contributed by atoms with Crippen LogP contribution in [0.15, 0.2) is 32.8 Å². The number of nitrogens with zero attached hydrogens (tertiary/aromatic N) is 3. The van der Waals surface area contributed by atoms with Crippen molar-refractivity contribution in [3.05, 3.63) is 44.9 Å². The Morgan fingerprint density at radius 3 is 2.87 bits per heavy atom. The fraction of sp³-hybridized carbons (Fsp3) is 0.500. The lowest BCUT2D eigenvalue weighted by Crippen LogP contribution is -2.36. The highest BCUT2D eigenvalue weighted by atomic mass is 35.5. The predicted octanol–water partition coefficient (Wildman–Crippen LogP) is 1.19. The first-order chi connectivity index (χ1) is 11.2. The van der Waals surface area contributed by atoms with Crippen LogP contribution in [-0.4, -0.2) is 35.0 Å². The Kier molecular flexibility index (Phi) is 3.66.